The van der Waals surface area contributed by atoms with E-state index in [-0.39, 0.29) is 23.2 Å². The van der Waals surface area contributed by atoms with Gasteiger partial charge in [0.1, 0.15) is 11.6 Å². The van der Waals surface area contributed by atoms with Crippen LogP contribution in [0.4, 0.5) is 13.2 Å². The van der Waals surface area contributed by atoms with Gasteiger partial charge in [-0.05, 0) is 68.1 Å². The topological polar surface area (TPSA) is 29.5 Å². The van der Waals surface area contributed by atoms with Crippen molar-refractivity contribution in [1.82, 2.24) is 0 Å². The van der Waals surface area contributed by atoms with E-state index in [0.29, 0.717) is 55.6 Å². The van der Waals surface area contributed by atoms with Crippen LogP contribution in [0.15, 0.2) is 43.0 Å². The lowest BCUT2D eigenvalue weighted by atomic mass is 9.75. The highest BCUT2D eigenvalue weighted by Crippen LogP contribution is 2.42. The molecule has 1 saturated carbocycles. The number of rotatable bonds is 7. The highest BCUT2D eigenvalue weighted by molar-refractivity contribution is 5.33. The molecule has 5 heteroatoms. The molecule has 1 atom stereocenters. The molecule has 156 valence electrons. The summed E-state index contributed by atoms with van der Waals surface area (Å²) in [6.45, 7) is 5.50. The second-order valence-corrected chi connectivity index (χ2v) is 7.71. The second-order valence-electron chi connectivity index (χ2n) is 7.71. The van der Waals surface area contributed by atoms with Gasteiger partial charge >= 0.3 is 0 Å². The third-order valence-corrected chi connectivity index (χ3v) is 5.76. The van der Waals surface area contributed by atoms with Crippen molar-refractivity contribution in [3.63, 3.8) is 0 Å². The number of hydrogen-bond acceptors (Lipinski definition) is 2. The number of halogens is 3. The fraction of sp³-hybridized carbons (Fsp3) is 0.417. The molecule has 29 heavy (non-hydrogen) atoms. The predicted octanol–water partition coefficient (Wildman–Crippen LogP) is 6.55. The summed E-state index contributed by atoms with van der Waals surface area (Å²) < 4.78 is 48.8. The van der Waals surface area contributed by atoms with Gasteiger partial charge in [0.2, 0.25) is 0 Å². The highest BCUT2D eigenvalue weighted by Gasteiger charge is 2.28. The minimum atomic E-state index is -1.05. The summed E-state index contributed by atoms with van der Waals surface area (Å²) in [5, 5.41) is 9.54. The Bertz CT molecular complexity index is 855. The molecule has 0 aliphatic heterocycles. The van der Waals surface area contributed by atoms with Crippen molar-refractivity contribution in [1.29, 1.82) is 0 Å². The summed E-state index contributed by atoms with van der Waals surface area (Å²) in [7, 11) is 0. The van der Waals surface area contributed by atoms with Crippen LogP contribution in [0.1, 0.15) is 73.7 Å². The highest BCUT2D eigenvalue weighted by atomic mass is 19.2. The van der Waals surface area contributed by atoms with Crippen LogP contribution in [-0.2, 0) is 0 Å². The fourth-order valence-corrected chi connectivity index (χ4v) is 4.12. The number of ether oxygens (including phenoxy) is 1. The summed E-state index contributed by atoms with van der Waals surface area (Å²) >= 11 is 0. The first kappa shape index (κ1) is 21.4. The summed E-state index contributed by atoms with van der Waals surface area (Å²) in [6, 6.07) is 7.98. The predicted molar refractivity (Wildman–Crippen MR) is 108 cm³/mol. The van der Waals surface area contributed by atoms with Crippen LogP contribution >= 0.6 is 0 Å². The second kappa shape index (κ2) is 9.49. The molecule has 1 N–H and O–H groups in total. The molecule has 1 aliphatic rings. The zero-order valence-corrected chi connectivity index (χ0v) is 16.6. The Kier molecular flexibility index (Phi) is 7.01. The van der Waals surface area contributed by atoms with Crippen molar-refractivity contribution in [2.45, 2.75) is 57.0 Å². The maximum absolute atomic E-state index is 14.6. The molecular formula is C24H27F3O2. The minimum absolute atomic E-state index is 0.0302. The largest absolute Gasteiger partial charge is 0.493 e. The van der Waals surface area contributed by atoms with Crippen LogP contribution < -0.4 is 4.74 Å². The third kappa shape index (κ3) is 4.84. The molecule has 2 nitrogen and oxygen atoms in total. The summed E-state index contributed by atoms with van der Waals surface area (Å²) in [4.78, 5) is 0. The molecule has 0 saturated heterocycles. The Labute approximate surface area is 170 Å². The summed E-state index contributed by atoms with van der Waals surface area (Å²) in [5.74, 6) is -1.69. The first-order chi connectivity index (χ1) is 13.9. The maximum Gasteiger partial charge on any atom is 0.164 e. The van der Waals surface area contributed by atoms with Crippen LogP contribution in [-0.4, -0.2) is 11.7 Å². The lowest BCUT2D eigenvalue weighted by Crippen LogP contribution is -2.15. The van der Waals surface area contributed by atoms with E-state index in [9.17, 15) is 18.3 Å². The monoisotopic (exact) mass is 404 g/mol. The lowest BCUT2D eigenvalue weighted by Gasteiger charge is -2.30. The van der Waals surface area contributed by atoms with E-state index >= 15 is 0 Å². The first-order valence-electron chi connectivity index (χ1n) is 10.1. The van der Waals surface area contributed by atoms with Crippen molar-refractivity contribution < 1.29 is 23.0 Å². The smallest absolute Gasteiger partial charge is 0.164 e. The Morgan fingerprint density at radius 1 is 1.03 bits per heavy atom. The average molecular weight is 404 g/mol. The Hall–Kier alpha value is -2.27. The number of hydrogen-bond donors (Lipinski definition) is 1. The lowest BCUT2D eigenvalue weighted by molar-refractivity contribution is 0.192. The van der Waals surface area contributed by atoms with Crippen LogP contribution in [0.2, 0.25) is 0 Å². The van der Waals surface area contributed by atoms with E-state index in [1.54, 1.807) is 24.3 Å². The van der Waals surface area contributed by atoms with Crippen molar-refractivity contribution in [2.75, 3.05) is 6.61 Å². The Morgan fingerprint density at radius 3 is 2.24 bits per heavy atom. The number of benzene rings is 2. The van der Waals surface area contributed by atoms with E-state index in [1.807, 2.05) is 0 Å². The van der Waals surface area contributed by atoms with Gasteiger partial charge in [-0.15, -0.1) is 6.58 Å². The Morgan fingerprint density at radius 2 is 1.66 bits per heavy atom. The van der Waals surface area contributed by atoms with Gasteiger partial charge in [-0.25, -0.2) is 13.2 Å². The van der Waals surface area contributed by atoms with Crippen LogP contribution in [0.25, 0.3) is 0 Å². The molecule has 0 spiro atoms. The molecule has 1 fully saturated rings. The van der Waals surface area contributed by atoms with E-state index in [1.165, 1.54) is 19.1 Å². The third-order valence-electron chi connectivity index (χ3n) is 5.76. The van der Waals surface area contributed by atoms with Crippen molar-refractivity contribution in [2.24, 2.45) is 0 Å². The van der Waals surface area contributed by atoms with Gasteiger partial charge in [0, 0.05) is 11.6 Å². The van der Waals surface area contributed by atoms with Crippen LogP contribution in [0, 0.1) is 17.5 Å². The zero-order valence-electron chi connectivity index (χ0n) is 16.6. The first-order valence-corrected chi connectivity index (χ1v) is 10.1. The van der Waals surface area contributed by atoms with Gasteiger partial charge in [-0.3, -0.25) is 0 Å². The molecule has 3 rings (SSSR count). The number of aliphatic hydroxyl groups excluding tert-OH is 1. The van der Waals surface area contributed by atoms with Crippen molar-refractivity contribution in [3.05, 3.63) is 77.1 Å². The standard InChI is InChI=1S/C24H27F3O2/c1-3-4-13-29-18-9-10-20(22(25)14-18)16-5-7-17(8-6-16)21-12-11-19(15(2)28)23(26)24(21)27/h3,9-12,14-17,28H,1,4-8,13H2,2H3. The van der Waals surface area contributed by atoms with Crippen LogP contribution in [0.3, 0.4) is 0 Å². The normalized spacial score (nSPS) is 20.3. The summed E-state index contributed by atoms with van der Waals surface area (Å²) in [5.41, 5.74) is 0.963. The van der Waals surface area contributed by atoms with E-state index < -0.39 is 17.7 Å². The summed E-state index contributed by atoms with van der Waals surface area (Å²) in [6.07, 6.45) is 4.12. The molecule has 0 heterocycles. The van der Waals surface area contributed by atoms with Gasteiger partial charge in [0.05, 0.1) is 12.7 Å². The maximum atomic E-state index is 14.6. The van der Waals surface area contributed by atoms with E-state index in [4.69, 9.17) is 4.74 Å². The molecule has 1 unspecified atom stereocenters. The minimum Gasteiger partial charge on any atom is -0.493 e. The molecule has 2 aromatic carbocycles. The van der Waals surface area contributed by atoms with Crippen LogP contribution in [0.5, 0.6) is 5.75 Å². The Balaban J connectivity index is 1.66. The van der Waals surface area contributed by atoms with Gasteiger partial charge in [-0.2, -0.15) is 0 Å². The quantitative estimate of drug-likeness (QED) is 0.419. The van der Waals surface area contributed by atoms with Crippen molar-refractivity contribution >= 4 is 0 Å². The SMILES string of the molecule is C=CCCOc1ccc(C2CCC(c3ccc(C(C)O)c(F)c3F)CC2)c(F)c1. The van der Waals surface area contributed by atoms with Gasteiger partial charge in [0.25, 0.3) is 0 Å². The molecule has 0 bridgehead atoms. The zero-order chi connectivity index (χ0) is 21.0. The number of aliphatic hydroxyl groups is 1. The molecule has 0 amide bonds. The van der Waals surface area contributed by atoms with Crippen molar-refractivity contribution in [3.8, 4) is 5.75 Å². The molecule has 0 radical (unpaired) electrons. The average Bonchev–Trinajstić information content (AvgIpc) is 2.70. The molecular weight excluding hydrogens is 377 g/mol. The van der Waals surface area contributed by atoms with E-state index in [2.05, 4.69) is 6.58 Å². The van der Waals surface area contributed by atoms with E-state index in [0.717, 1.165) is 0 Å². The van der Waals surface area contributed by atoms with Gasteiger partial charge < -0.3 is 9.84 Å². The molecule has 0 aromatic heterocycles. The van der Waals surface area contributed by atoms with Gasteiger partial charge in [-0.1, -0.05) is 24.3 Å². The molecule has 2 aromatic rings. The fourth-order valence-electron chi connectivity index (χ4n) is 4.12. The molecule has 1 aliphatic carbocycles. The van der Waals surface area contributed by atoms with Gasteiger partial charge in [0.15, 0.2) is 11.6 Å².